The molecule has 1 aromatic carbocycles. The van der Waals surface area contributed by atoms with Crippen molar-refractivity contribution in [2.45, 2.75) is 44.9 Å². The summed E-state index contributed by atoms with van der Waals surface area (Å²) in [6.45, 7) is 2.13. The van der Waals surface area contributed by atoms with Gasteiger partial charge in [-0.1, -0.05) is 19.1 Å². The number of rotatable bonds is 2. The third kappa shape index (κ3) is 2.78. The van der Waals surface area contributed by atoms with Gasteiger partial charge in [-0.25, -0.2) is 0 Å². The molecule has 4 aliphatic rings. The molecule has 0 atom stereocenters. The first-order chi connectivity index (χ1) is 11.3. The summed E-state index contributed by atoms with van der Waals surface area (Å²) in [6.07, 6.45) is 9.60. The zero-order valence-electron chi connectivity index (χ0n) is 14.2. The topological polar surface area (TPSA) is 12.9 Å². The van der Waals surface area contributed by atoms with Gasteiger partial charge in [0.25, 0.3) is 0 Å². The summed E-state index contributed by atoms with van der Waals surface area (Å²) in [5.41, 5.74) is 4.93. The molecule has 0 saturated heterocycles. The van der Waals surface area contributed by atoms with E-state index in [4.69, 9.17) is 4.98 Å². The Balaban J connectivity index is 0.00000146. The number of nitrogens with zero attached hydrogens (tertiary/aromatic N) is 1. The standard InChI is InChI=1S/C22H24N.Ir/c1-14-3-2-4-17(7-14)21-6-5-18(13-23-21)22-19-9-15-8-16(11-19)12-20(22)10-15;/h2-3,5-7,13,15-16,19-20,22H,8-12H2,1H3;/q-1;. The van der Waals surface area contributed by atoms with Crippen LogP contribution in [0.15, 0.2) is 36.5 Å². The quantitative estimate of drug-likeness (QED) is 0.510. The minimum atomic E-state index is 0. The molecule has 1 heterocycles. The fourth-order valence-corrected chi connectivity index (χ4v) is 5.96. The van der Waals surface area contributed by atoms with Crippen LogP contribution < -0.4 is 0 Å². The first kappa shape index (κ1) is 16.5. The maximum atomic E-state index is 4.79. The van der Waals surface area contributed by atoms with Crippen molar-refractivity contribution in [3.8, 4) is 11.3 Å². The molecular formula is C22H24IrN-. The van der Waals surface area contributed by atoms with Crippen LogP contribution in [0.3, 0.4) is 0 Å². The molecule has 0 N–H and O–H groups in total. The van der Waals surface area contributed by atoms with Gasteiger partial charge in [0.1, 0.15) is 0 Å². The number of hydrogen-bond acceptors (Lipinski definition) is 1. The molecule has 4 aliphatic carbocycles. The van der Waals surface area contributed by atoms with Gasteiger partial charge in [0, 0.05) is 26.3 Å². The van der Waals surface area contributed by atoms with Gasteiger partial charge < -0.3 is 4.98 Å². The summed E-state index contributed by atoms with van der Waals surface area (Å²) in [6, 6.07) is 14.1. The maximum Gasteiger partial charge on any atom is 0.0195 e. The number of aromatic nitrogens is 1. The first-order valence-electron chi connectivity index (χ1n) is 9.21. The van der Waals surface area contributed by atoms with Crippen LogP contribution in [0.4, 0.5) is 0 Å². The van der Waals surface area contributed by atoms with E-state index in [1.807, 2.05) is 6.07 Å². The van der Waals surface area contributed by atoms with Crippen molar-refractivity contribution in [2.75, 3.05) is 0 Å². The summed E-state index contributed by atoms with van der Waals surface area (Å²) in [7, 11) is 0. The van der Waals surface area contributed by atoms with Crippen molar-refractivity contribution in [3.63, 3.8) is 0 Å². The van der Waals surface area contributed by atoms with Gasteiger partial charge >= 0.3 is 0 Å². The van der Waals surface area contributed by atoms with Crippen LogP contribution in [-0.4, -0.2) is 4.98 Å². The molecule has 4 saturated carbocycles. The predicted octanol–water partition coefficient (Wildman–Crippen LogP) is 5.39. The van der Waals surface area contributed by atoms with Gasteiger partial charge in [0.2, 0.25) is 0 Å². The second-order valence-corrected chi connectivity index (χ2v) is 8.21. The molecule has 24 heavy (non-hydrogen) atoms. The summed E-state index contributed by atoms with van der Waals surface area (Å²) < 4.78 is 0. The van der Waals surface area contributed by atoms with E-state index in [0.717, 1.165) is 40.8 Å². The summed E-state index contributed by atoms with van der Waals surface area (Å²) in [4.78, 5) is 4.79. The molecular weight excluding hydrogens is 470 g/mol. The number of aryl methyl sites for hydroxylation is 1. The smallest absolute Gasteiger partial charge is 0.0195 e. The molecule has 0 amide bonds. The Hall–Kier alpha value is -0.981. The van der Waals surface area contributed by atoms with Crippen molar-refractivity contribution >= 4 is 0 Å². The molecule has 1 nitrogen and oxygen atoms in total. The van der Waals surface area contributed by atoms with Gasteiger partial charge in [-0.05, 0) is 73.0 Å². The maximum absolute atomic E-state index is 4.79. The van der Waals surface area contributed by atoms with Crippen molar-refractivity contribution in [3.05, 3.63) is 53.7 Å². The van der Waals surface area contributed by atoms with Crippen LogP contribution in [0.25, 0.3) is 11.3 Å². The summed E-state index contributed by atoms with van der Waals surface area (Å²) >= 11 is 0. The molecule has 1 aromatic heterocycles. The van der Waals surface area contributed by atoms with Crippen LogP contribution >= 0.6 is 0 Å². The molecule has 0 spiro atoms. The number of pyridine rings is 1. The van der Waals surface area contributed by atoms with Crippen molar-refractivity contribution in [1.82, 2.24) is 4.98 Å². The van der Waals surface area contributed by atoms with E-state index in [0.29, 0.717) is 0 Å². The predicted molar refractivity (Wildman–Crippen MR) is 93.0 cm³/mol. The average Bonchev–Trinajstić information content (AvgIpc) is 2.54. The Kier molecular flexibility index (Phi) is 4.39. The second-order valence-electron chi connectivity index (χ2n) is 8.21. The zero-order valence-corrected chi connectivity index (χ0v) is 16.6. The van der Waals surface area contributed by atoms with E-state index in [1.54, 1.807) is 0 Å². The van der Waals surface area contributed by atoms with E-state index in [1.165, 1.54) is 43.2 Å². The van der Waals surface area contributed by atoms with Crippen molar-refractivity contribution in [2.24, 2.45) is 23.7 Å². The Morgan fingerprint density at radius 1 is 0.958 bits per heavy atom. The van der Waals surface area contributed by atoms with Gasteiger partial charge in [-0.15, -0.1) is 35.4 Å². The average molecular weight is 495 g/mol. The van der Waals surface area contributed by atoms with Gasteiger partial charge in [0.15, 0.2) is 0 Å². The van der Waals surface area contributed by atoms with Crippen molar-refractivity contribution in [1.29, 1.82) is 0 Å². The number of hydrogen-bond donors (Lipinski definition) is 0. The van der Waals surface area contributed by atoms with E-state index in [2.05, 4.69) is 43.5 Å². The van der Waals surface area contributed by atoms with Crippen LogP contribution in [0.1, 0.15) is 49.1 Å². The number of benzene rings is 1. The van der Waals surface area contributed by atoms with E-state index in [-0.39, 0.29) is 20.1 Å². The third-order valence-electron chi connectivity index (χ3n) is 6.63. The van der Waals surface area contributed by atoms with Gasteiger partial charge in [-0.2, -0.15) is 0 Å². The normalized spacial score (nSPS) is 33.3. The molecule has 0 aliphatic heterocycles. The van der Waals surface area contributed by atoms with Crippen LogP contribution in [0, 0.1) is 36.7 Å². The minimum Gasteiger partial charge on any atom is -0.304 e. The Morgan fingerprint density at radius 3 is 2.25 bits per heavy atom. The molecule has 2 heteroatoms. The van der Waals surface area contributed by atoms with Crippen LogP contribution in [0.5, 0.6) is 0 Å². The van der Waals surface area contributed by atoms with Crippen LogP contribution in [-0.2, 0) is 20.1 Å². The first-order valence-corrected chi connectivity index (χ1v) is 9.21. The second kappa shape index (κ2) is 6.39. The fourth-order valence-electron chi connectivity index (χ4n) is 5.96. The minimum absolute atomic E-state index is 0. The van der Waals surface area contributed by atoms with Crippen LogP contribution in [0.2, 0.25) is 0 Å². The molecule has 4 fully saturated rings. The summed E-state index contributed by atoms with van der Waals surface area (Å²) in [5, 5.41) is 0. The van der Waals surface area contributed by atoms with Gasteiger partial charge in [0.05, 0.1) is 0 Å². The Morgan fingerprint density at radius 2 is 1.67 bits per heavy atom. The Labute approximate surface area is 158 Å². The largest absolute Gasteiger partial charge is 0.304 e. The Bertz CT molecular complexity index is 693. The SMILES string of the molecule is Cc1cc[c-]c(-c2ccc(C3C4CC5CC(C4)CC3C5)cn2)c1.[Ir]. The molecule has 1 radical (unpaired) electrons. The summed E-state index contributed by atoms with van der Waals surface area (Å²) in [5.74, 6) is 4.74. The molecule has 2 aromatic rings. The van der Waals surface area contributed by atoms with Gasteiger partial charge in [-0.3, -0.25) is 0 Å². The van der Waals surface area contributed by atoms with E-state index >= 15 is 0 Å². The monoisotopic (exact) mass is 495 g/mol. The van der Waals surface area contributed by atoms with E-state index < -0.39 is 0 Å². The molecule has 127 valence electrons. The molecule has 0 unspecified atom stereocenters. The van der Waals surface area contributed by atoms with Crippen molar-refractivity contribution < 1.29 is 20.1 Å². The third-order valence-corrected chi connectivity index (χ3v) is 6.63. The molecule has 4 bridgehead atoms. The zero-order chi connectivity index (χ0) is 15.4. The molecule has 6 rings (SSSR count). The van der Waals surface area contributed by atoms with E-state index in [9.17, 15) is 0 Å². The fraction of sp³-hybridized carbons (Fsp3) is 0.500.